The Morgan fingerprint density at radius 2 is 1.84 bits per heavy atom. The molecule has 0 unspecified atom stereocenters. The van der Waals surface area contributed by atoms with Crippen molar-refractivity contribution >= 4 is 33.2 Å². The Kier molecular flexibility index (Phi) is 9.21. The van der Waals surface area contributed by atoms with E-state index in [0.717, 1.165) is 11.8 Å². The van der Waals surface area contributed by atoms with Gasteiger partial charge in [-0.05, 0) is 55.2 Å². The third-order valence-electron chi connectivity index (χ3n) is 5.23. The molecule has 0 radical (unpaired) electrons. The van der Waals surface area contributed by atoms with Crippen molar-refractivity contribution < 1.29 is 22.7 Å². The molecule has 0 bridgehead atoms. The number of hydrogen-bond donors (Lipinski definition) is 1. The van der Waals surface area contributed by atoms with E-state index in [1.807, 2.05) is 19.1 Å². The van der Waals surface area contributed by atoms with Gasteiger partial charge in [-0.15, -0.1) is 0 Å². The summed E-state index contributed by atoms with van der Waals surface area (Å²) in [5, 5.41) is 3.52. The van der Waals surface area contributed by atoms with E-state index in [1.54, 1.807) is 45.4 Å². The van der Waals surface area contributed by atoms with Crippen LogP contribution >= 0.6 is 11.6 Å². The molecular formula is C23H31ClN2O5S. The second-order valence-electron chi connectivity index (χ2n) is 7.47. The molecule has 9 heteroatoms. The number of carbonyl (C=O) groups excluding carboxylic acids is 1. The third-order valence-corrected chi connectivity index (χ3v) is 6.82. The van der Waals surface area contributed by atoms with Crippen LogP contribution in [0.15, 0.2) is 36.4 Å². The molecule has 0 aliphatic carbocycles. The van der Waals surface area contributed by atoms with Gasteiger partial charge in [-0.25, -0.2) is 8.42 Å². The fraction of sp³-hybridized carbons (Fsp3) is 0.435. The number of amides is 1. The molecule has 2 aromatic carbocycles. The number of methoxy groups -OCH3 is 2. The van der Waals surface area contributed by atoms with Gasteiger partial charge in [-0.2, -0.15) is 0 Å². The molecule has 0 saturated carbocycles. The molecule has 0 fully saturated rings. The highest BCUT2D eigenvalue weighted by Gasteiger charge is 2.21. The molecule has 32 heavy (non-hydrogen) atoms. The molecule has 2 aromatic rings. The first kappa shape index (κ1) is 25.8. The van der Waals surface area contributed by atoms with Crippen molar-refractivity contribution in [3.8, 4) is 11.5 Å². The van der Waals surface area contributed by atoms with E-state index < -0.39 is 10.0 Å². The zero-order valence-electron chi connectivity index (χ0n) is 19.1. The first-order chi connectivity index (χ1) is 15.1. The summed E-state index contributed by atoms with van der Waals surface area (Å²) in [5.74, 6) is 1.07. The fourth-order valence-corrected chi connectivity index (χ4v) is 4.66. The summed E-state index contributed by atoms with van der Waals surface area (Å²) >= 11 is 6.16. The number of halogens is 1. The van der Waals surface area contributed by atoms with Crippen LogP contribution in [0.2, 0.25) is 5.02 Å². The van der Waals surface area contributed by atoms with Gasteiger partial charge in [0.1, 0.15) is 0 Å². The van der Waals surface area contributed by atoms with Gasteiger partial charge in [-0.3, -0.25) is 9.10 Å². The summed E-state index contributed by atoms with van der Waals surface area (Å²) in [7, 11) is -0.386. The zero-order chi connectivity index (χ0) is 23.9. The minimum atomic E-state index is -3.52. The zero-order valence-corrected chi connectivity index (χ0v) is 20.7. The van der Waals surface area contributed by atoms with Gasteiger partial charge in [-0.1, -0.05) is 30.7 Å². The average molecular weight is 483 g/mol. The van der Waals surface area contributed by atoms with E-state index >= 15 is 0 Å². The Bertz CT molecular complexity index is 1040. The van der Waals surface area contributed by atoms with Gasteiger partial charge in [0, 0.05) is 18.0 Å². The molecule has 0 aliphatic heterocycles. The number of rotatable bonds is 11. The number of benzene rings is 2. The number of carbonyl (C=O) groups is 1. The lowest BCUT2D eigenvalue weighted by atomic mass is 10.0. The molecule has 176 valence electrons. The number of nitrogens with zero attached hydrogens (tertiary/aromatic N) is 1. The van der Waals surface area contributed by atoms with Crippen molar-refractivity contribution in [2.24, 2.45) is 0 Å². The summed E-state index contributed by atoms with van der Waals surface area (Å²) in [6, 6.07) is 10.5. The summed E-state index contributed by atoms with van der Waals surface area (Å²) in [6.45, 7) is 3.94. The maximum Gasteiger partial charge on any atom is 0.232 e. The number of hydrogen-bond acceptors (Lipinski definition) is 5. The molecule has 1 amide bonds. The first-order valence-corrected chi connectivity index (χ1v) is 12.6. The predicted octanol–water partition coefficient (Wildman–Crippen LogP) is 4.48. The summed E-state index contributed by atoms with van der Waals surface area (Å²) in [6.07, 6.45) is 2.40. The Hall–Kier alpha value is -2.45. The van der Waals surface area contributed by atoms with Gasteiger partial charge >= 0.3 is 0 Å². The smallest absolute Gasteiger partial charge is 0.232 e. The maximum absolute atomic E-state index is 12.6. The SMILES string of the molecule is CC[C@H](NC(=O)CCCN(c1cccc(Cl)c1C)S(C)(=O)=O)c1ccc(OC)c(OC)c1. The molecule has 0 aromatic heterocycles. The highest BCUT2D eigenvalue weighted by atomic mass is 35.5. The number of nitrogens with one attached hydrogen (secondary N) is 1. The van der Waals surface area contributed by atoms with Crippen LogP contribution in [0.25, 0.3) is 0 Å². The van der Waals surface area contributed by atoms with E-state index in [1.165, 1.54) is 4.31 Å². The van der Waals surface area contributed by atoms with Crippen LogP contribution in [0.3, 0.4) is 0 Å². The van der Waals surface area contributed by atoms with E-state index in [-0.39, 0.29) is 24.9 Å². The molecule has 7 nitrogen and oxygen atoms in total. The Balaban J connectivity index is 2.05. The van der Waals surface area contributed by atoms with E-state index in [0.29, 0.717) is 40.6 Å². The molecule has 1 N–H and O–H groups in total. The number of sulfonamides is 1. The predicted molar refractivity (Wildman–Crippen MR) is 128 cm³/mol. The van der Waals surface area contributed by atoms with Crippen molar-refractivity contribution in [3.63, 3.8) is 0 Å². The highest BCUT2D eigenvalue weighted by molar-refractivity contribution is 7.92. The van der Waals surface area contributed by atoms with Crippen LogP contribution in [0.1, 0.15) is 43.4 Å². The average Bonchev–Trinajstić information content (AvgIpc) is 2.76. The van der Waals surface area contributed by atoms with Crippen LogP contribution in [-0.4, -0.2) is 41.3 Å². The molecule has 0 aliphatic rings. The molecular weight excluding hydrogens is 452 g/mol. The van der Waals surface area contributed by atoms with Gasteiger partial charge in [0.05, 0.1) is 32.2 Å². The highest BCUT2D eigenvalue weighted by Crippen LogP contribution is 2.31. The third kappa shape index (κ3) is 6.53. The second-order valence-corrected chi connectivity index (χ2v) is 9.78. The van der Waals surface area contributed by atoms with Gasteiger partial charge < -0.3 is 14.8 Å². The molecule has 1 atom stereocenters. The van der Waals surface area contributed by atoms with E-state index in [2.05, 4.69) is 5.32 Å². The van der Waals surface area contributed by atoms with Crippen molar-refractivity contribution in [1.29, 1.82) is 0 Å². The Labute approximate surface area is 195 Å². The van der Waals surface area contributed by atoms with Crippen LogP contribution in [0.4, 0.5) is 5.69 Å². The lowest BCUT2D eigenvalue weighted by Crippen LogP contribution is -2.33. The van der Waals surface area contributed by atoms with Crippen molar-refractivity contribution in [2.75, 3.05) is 31.3 Å². The first-order valence-electron chi connectivity index (χ1n) is 10.4. The standard InChI is InChI=1S/C23H31ClN2O5S/c1-6-19(17-12-13-21(30-3)22(15-17)31-4)25-23(27)11-8-14-26(32(5,28)29)20-10-7-9-18(24)16(20)2/h7,9-10,12-13,15,19H,6,8,11,14H2,1-5H3,(H,25,27)/t19-/m0/s1. The monoisotopic (exact) mass is 482 g/mol. The fourth-order valence-electron chi connectivity index (χ4n) is 3.47. The molecule has 0 spiro atoms. The minimum Gasteiger partial charge on any atom is -0.493 e. The quantitative estimate of drug-likeness (QED) is 0.510. The van der Waals surface area contributed by atoms with E-state index in [9.17, 15) is 13.2 Å². The number of ether oxygens (including phenoxy) is 2. The van der Waals surface area contributed by atoms with Gasteiger partial charge in [0.2, 0.25) is 15.9 Å². The Morgan fingerprint density at radius 3 is 2.44 bits per heavy atom. The van der Waals surface area contributed by atoms with Crippen molar-refractivity contribution in [3.05, 3.63) is 52.5 Å². The van der Waals surface area contributed by atoms with Crippen LogP contribution in [0, 0.1) is 6.92 Å². The number of anilines is 1. The molecule has 2 rings (SSSR count). The normalized spacial score (nSPS) is 12.2. The van der Waals surface area contributed by atoms with Gasteiger partial charge in [0.15, 0.2) is 11.5 Å². The van der Waals surface area contributed by atoms with Crippen molar-refractivity contribution in [1.82, 2.24) is 5.32 Å². The summed E-state index contributed by atoms with van der Waals surface area (Å²) in [4.78, 5) is 12.6. The van der Waals surface area contributed by atoms with Gasteiger partial charge in [0.25, 0.3) is 0 Å². The van der Waals surface area contributed by atoms with Crippen molar-refractivity contribution in [2.45, 2.75) is 39.2 Å². The topological polar surface area (TPSA) is 84.9 Å². The molecule has 0 heterocycles. The second kappa shape index (κ2) is 11.4. The lowest BCUT2D eigenvalue weighted by molar-refractivity contribution is -0.121. The largest absolute Gasteiger partial charge is 0.493 e. The van der Waals surface area contributed by atoms with Crippen LogP contribution < -0.4 is 19.1 Å². The van der Waals surface area contributed by atoms with E-state index in [4.69, 9.17) is 21.1 Å². The van der Waals surface area contributed by atoms with Crippen LogP contribution in [-0.2, 0) is 14.8 Å². The summed E-state index contributed by atoms with van der Waals surface area (Å²) < 4.78 is 36.6. The minimum absolute atomic E-state index is 0.150. The Morgan fingerprint density at radius 1 is 1.16 bits per heavy atom. The lowest BCUT2D eigenvalue weighted by Gasteiger charge is -2.25. The molecule has 0 saturated heterocycles. The maximum atomic E-state index is 12.6. The van der Waals surface area contributed by atoms with Crippen LogP contribution in [0.5, 0.6) is 11.5 Å². The summed E-state index contributed by atoms with van der Waals surface area (Å²) in [5.41, 5.74) is 2.12.